The highest BCUT2D eigenvalue weighted by atomic mass is 32.1. The van der Waals surface area contributed by atoms with Gasteiger partial charge in [-0.3, -0.25) is 4.79 Å². The fraction of sp³-hybridized carbons (Fsp3) is 0.909. The minimum absolute atomic E-state index is 0.278. The van der Waals surface area contributed by atoms with Crippen LogP contribution in [0.2, 0.25) is 0 Å². The molecule has 1 aliphatic heterocycles. The Kier molecular flexibility index (Phi) is 3.05. The molecule has 14 heavy (non-hydrogen) atoms. The molecular formula is C11H19NOS. The molecule has 2 rings (SSSR count). The Labute approximate surface area is 91.5 Å². The van der Waals surface area contributed by atoms with Crippen LogP contribution in [0.15, 0.2) is 0 Å². The zero-order valence-electron chi connectivity index (χ0n) is 8.67. The third-order valence-electron chi connectivity index (χ3n) is 3.76. The summed E-state index contributed by atoms with van der Waals surface area (Å²) in [5.74, 6) is 1.02. The van der Waals surface area contributed by atoms with E-state index in [4.69, 9.17) is 0 Å². The number of hydrogen-bond acceptors (Lipinski definition) is 2. The van der Waals surface area contributed by atoms with Gasteiger partial charge in [0.15, 0.2) is 0 Å². The third kappa shape index (κ3) is 1.67. The molecule has 2 aliphatic rings. The molecule has 0 N–H and O–H groups in total. The Morgan fingerprint density at radius 3 is 2.50 bits per heavy atom. The molecule has 1 spiro atoms. The van der Waals surface area contributed by atoms with Gasteiger partial charge in [0, 0.05) is 18.5 Å². The highest BCUT2D eigenvalue weighted by Crippen LogP contribution is 2.43. The highest BCUT2D eigenvalue weighted by Gasteiger charge is 2.44. The van der Waals surface area contributed by atoms with Crippen molar-refractivity contribution in [2.24, 2.45) is 0 Å². The predicted molar refractivity (Wildman–Crippen MR) is 60.6 cm³/mol. The molecule has 80 valence electrons. The first-order valence-electron chi connectivity index (χ1n) is 5.70. The van der Waals surface area contributed by atoms with Crippen LogP contribution in [0, 0.1) is 0 Å². The van der Waals surface area contributed by atoms with Crippen molar-refractivity contribution in [2.45, 2.75) is 50.5 Å². The lowest BCUT2D eigenvalue weighted by atomic mass is 9.94. The number of rotatable bonds is 2. The van der Waals surface area contributed by atoms with Gasteiger partial charge in [-0.05, 0) is 31.4 Å². The van der Waals surface area contributed by atoms with Gasteiger partial charge in [-0.2, -0.15) is 12.6 Å². The van der Waals surface area contributed by atoms with E-state index in [1.165, 1.54) is 38.5 Å². The molecule has 0 aromatic heterocycles. The third-order valence-corrected chi connectivity index (χ3v) is 3.98. The summed E-state index contributed by atoms with van der Waals surface area (Å²) in [5, 5.41) is 0. The summed E-state index contributed by atoms with van der Waals surface area (Å²) >= 11 is 4.14. The first-order chi connectivity index (χ1) is 6.78. The van der Waals surface area contributed by atoms with E-state index < -0.39 is 0 Å². The Bertz CT molecular complexity index is 218. The Morgan fingerprint density at radius 1 is 1.21 bits per heavy atom. The number of likely N-dealkylation sites (tertiary alicyclic amines) is 1. The molecule has 1 saturated heterocycles. The van der Waals surface area contributed by atoms with E-state index in [0.29, 0.717) is 18.1 Å². The predicted octanol–water partition coefficient (Wildman–Crippen LogP) is 2.24. The fourth-order valence-corrected chi connectivity index (χ4v) is 3.30. The monoisotopic (exact) mass is 213 g/mol. The van der Waals surface area contributed by atoms with E-state index in [0.717, 1.165) is 6.54 Å². The average Bonchev–Trinajstić information content (AvgIpc) is 2.78. The van der Waals surface area contributed by atoms with Crippen molar-refractivity contribution in [3.8, 4) is 0 Å². The van der Waals surface area contributed by atoms with E-state index >= 15 is 0 Å². The van der Waals surface area contributed by atoms with Gasteiger partial charge in [0.2, 0.25) is 5.91 Å². The van der Waals surface area contributed by atoms with Gasteiger partial charge in [-0.15, -0.1) is 0 Å². The molecule has 1 amide bonds. The number of carbonyl (C=O) groups is 1. The number of thiol groups is 1. The normalized spacial score (nSPS) is 24.8. The van der Waals surface area contributed by atoms with Crippen molar-refractivity contribution in [3.63, 3.8) is 0 Å². The largest absolute Gasteiger partial charge is 0.337 e. The van der Waals surface area contributed by atoms with Crippen molar-refractivity contribution in [3.05, 3.63) is 0 Å². The van der Waals surface area contributed by atoms with Gasteiger partial charge in [0.05, 0.1) is 0 Å². The topological polar surface area (TPSA) is 20.3 Å². The van der Waals surface area contributed by atoms with Crippen LogP contribution in [0.25, 0.3) is 0 Å². The van der Waals surface area contributed by atoms with Gasteiger partial charge >= 0.3 is 0 Å². The fourth-order valence-electron chi connectivity index (χ4n) is 3.11. The Balaban J connectivity index is 2.06. The molecule has 0 atom stereocenters. The second-order valence-corrected chi connectivity index (χ2v) is 5.00. The SMILES string of the molecule is O=C(CCS)N1CCCC12CCCC2. The smallest absolute Gasteiger partial charge is 0.223 e. The van der Waals surface area contributed by atoms with Crippen molar-refractivity contribution in [1.82, 2.24) is 4.90 Å². The lowest BCUT2D eigenvalue weighted by Gasteiger charge is -2.35. The maximum Gasteiger partial charge on any atom is 0.223 e. The quantitative estimate of drug-likeness (QED) is 0.698. The summed E-state index contributed by atoms with van der Waals surface area (Å²) in [5.41, 5.74) is 0.278. The number of hydrogen-bond donors (Lipinski definition) is 1. The summed E-state index contributed by atoms with van der Waals surface area (Å²) in [6, 6.07) is 0. The molecule has 0 unspecified atom stereocenters. The van der Waals surface area contributed by atoms with Crippen LogP contribution in [0.3, 0.4) is 0 Å². The van der Waals surface area contributed by atoms with Crippen LogP contribution in [0.1, 0.15) is 44.9 Å². The van der Waals surface area contributed by atoms with Gasteiger partial charge in [-0.25, -0.2) is 0 Å². The molecule has 0 radical (unpaired) electrons. The summed E-state index contributed by atoms with van der Waals surface area (Å²) in [7, 11) is 0. The van der Waals surface area contributed by atoms with Crippen LogP contribution in [-0.4, -0.2) is 28.6 Å². The number of amides is 1. The standard InChI is InChI=1S/C11H19NOS/c13-10(4-9-14)12-8-3-7-11(12)5-1-2-6-11/h14H,1-9H2. The molecule has 1 saturated carbocycles. The van der Waals surface area contributed by atoms with Crippen molar-refractivity contribution in [2.75, 3.05) is 12.3 Å². The van der Waals surface area contributed by atoms with Gasteiger partial charge in [-0.1, -0.05) is 12.8 Å². The first-order valence-corrected chi connectivity index (χ1v) is 6.33. The Hall–Kier alpha value is -0.180. The minimum atomic E-state index is 0.278. The summed E-state index contributed by atoms with van der Waals surface area (Å²) in [6.07, 6.45) is 8.17. The van der Waals surface area contributed by atoms with Crippen LogP contribution < -0.4 is 0 Å². The zero-order valence-corrected chi connectivity index (χ0v) is 9.56. The molecule has 0 aromatic carbocycles. The van der Waals surface area contributed by atoms with Gasteiger partial charge < -0.3 is 4.90 Å². The molecule has 0 aromatic rings. The van der Waals surface area contributed by atoms with Crippen LogP contribution in [0.5, 0.6) is 0 Å². The summed E-state index contributed by atoms with van der Waals surface area (Å²) in [6.45, 7) is 0.993. The number of carbonyl (C=O) groups excluding carboxylic acids is 1. The lowest BCUT2D eigenvalue weighted by Crippen LogP contribution is -2.45. The maximum atomic E-state index is 11.9. The van der Waals surface area contributed by atoms with Crippen molar-refractivity contribution in [1.29, 1.82) is 0 Å². The molecule has 2 nitrogen and oxygen atoms in total. The average molecular weight is 213 g/mol. The second-order valence-electron chi connectivity index (χ2n) is 4.55. The van der Waals surface area contributed by atoms with Gasteiger partial charge in [0.25, 0.3) is 0 Å². The molecule has 1 heterocycles. The highest BCUT2D eigenvalue weighted by molar-refractivity contribution is 7.80. The zero-order chi connectivity index (χ0) is 10.0. The van der Waals surface area contributed by atoms with E-state index in [9.17, 15) is 4.79 Å². The maximum absolute atomic E-state index is 11.9. The van der Waals surface area contributed by atoms with Crippen LogP contribution >= 0.6 is 12.6 Å². The summed E-state index contributed by atoms with van der Waals surface area (Å²) < 4.78 is 0. The van der Waals surface area contributed by atoms with E-state index in [-0.39, 0.29) is 5.54 Å². The Morgan fingerprint density at radius 2 is 1.86 bits per heavy atom. The lowest BCUT2D eigenvalue weighted by molar-refractivity contribution is -0.134. The second kappa shape index (κ2) is 4.13. The van der Waals surface area contributed by atoms with Gasteiger partial charge in [0.1, 0.15) is 0 Å². The molecular weight excluding hydrogens is 194 g/mol. The molecule has 0 bridgehead atoms. The minimum Gasteiger partial charge on any atom is -0.337 e. The number of nitrogens with zero attached hydrogens (tertiary/aromatic N) is 1. The van der Waals surface area contributed by atoms with Crippen LogP contribution in [-0.2, 0) is 4.79 Å². The van der Waals surface area contributed by atoms with Crippen molar-refractivity contribution < 1.29 is 4.79 Å². The van der Waals surface area contributed by atoms with E-state index in [1.54, 1.807) is 0 Å². The summed E-state index contributed by atoms with van der Waals surface area (Å²) in [4.78, 5) is 14.0. The van der Waals surface area contributed by atoms with Crippen molar-refractivity contribution >= 4 is 18.5 Å². The first kappa shape index (κ1) is 10.3. The molecule has 2 fully saturated rings. The molecule has 3 heteroatoms. The molecule has 1 aliphatic carbocycles. The van der Waals surface area contributed by atoms with Crippen LogP contribution in [0.4, 0.5) is 0 Å². The van der Waals surface area contributed by atoms with E-state index in [2.05, 4.69) is 17.5 Å². The van der Waals surface area contributed by atoms with E-state index in [1.807, 2.05) is 0 Å².